The monoisotopic (exact) mass is 258 g/mol. The average Bonchev–Trinajstić information content (AvgIpc) is 2.86. The van der Waals surface area contributed by atoms with E-state index < -0.39 is 0 Å². The highest BCUT2D eigenvalue weighted by Crippen LogP contribution is 2.33. The fraction of sp³-hybridized carbons (Fsp3) is 0.467. The van der Waals surface area contributed by atoms with Gasteiger partial charge < -0.3 is 0 Å². The van der Waals surface area contributed by atoms with E-state index in [0.29, 0.717) is 13.1 Å². The van der Waals surface area contributed by atoms with Crippen LogP contribution in [0.3, 0.4) is 0 Å². The molecule has 2 heterocycles. The minimum absolute atomic E-state index is 0.0123. The summed E-state index contributed by atoms with van der Waals surface area (Å²) in [6.07, 6.45) is 0. The number of amides is 2. The molecule has 4 heteroatoms. The van der Waals surface area contributed by atoms with E-state index >= 15 is 0 Å². The van der Waals surface area contributed by atoms with E-state index in [0.717, 1.165) is 6.54 Å². The Morgan fingerprint density at radius 1 is 1.16 bits per heavy atom. The topological polar surface area (TPSA) is 40.6 Å². The van der Waals surface area contributed by atoms with Gasteiger partial charge in [0.25, 0.3) is 0 Å². The fourth-order valence-corrected chi connectivity index (χ4v) is 3.19. The first-order valence-electron chi connectivity index (χ1n) is 6.65. The molecule has 0 bridgehead atoms. The van der Waals surface area contributed by atoms with E-state index in [-0.39, 0.29) is 23.7 Å². The van der Waals surface area contributed by atoms with E-state index in [2.05, 4.69) is 30.0 Å². The maximum absolute atomic E-state index is 11.9. The molecule has 1 aromatic rings. The molecular formula is C15H18N2O2. The van der Waals surface area contributed by atoms with Crippen LogP contribution in [0, 0.1) is 18.8 Å². The van der Waals surface area contributed by atoms with Crippen LogP contribution in [0.2, 0.25) is 0 Å². The molecule has 2 fully saturated rings. The van der Waals surface area contributed by atoms with Crippen molar-refractivity contribution < 1.29 is 9.59 Å². The Bertz CT molecular complexity index is 517. The standard InChI is InChI=1S/C15H18N2O2/c1-10-4-3-5-11(6-10)7-17-8-12-13(9-17)15(19)16(2)14(12)18/h3-6,12-13H,7-9H2,1-2H3/t12-,13+. The van der Waals surface area contributed by atoms with Crippen LogP contribution in [0.1, 0.15) is 11.1 Å². The molecule has 1 aromatic carbocycles. The number of imide groups is 1. The summed E-state index contributed by atoms with van der Waals surface area (Å²) in [5.74, 6) is -0.270. The third-order valence-corrected chi connectivity index (χ3v) is 4.18. The third-order valence-electron chi connectivity index (χ3n) is 4.18. The van der Waals surface area contributed by atoms with Crippen LogP contribution in [0.5, 0.6) is 0 Å². The molecule has 2 atom stereocenters. The maximum Gasteiger partial charge on any atom is 0.234 e. The van der Waals surface area contributed by atoms with Crippen molar-refractivity contribution in [1.29, 1.82) is 0 Å². The predicted octanol–water partition coefficient (Wildman–Crippen LogP) is 1.04. The molecule has 2 aliphatic rings. The summed E-state index contributed by atoms with van der Waals surface area (Å²) >= 11 is 0. The molecule has 2 saturated heterocycles. The molecule has 3 rings (SSSR count). The second-order valence-electron chi connectivity index (χ2n) is 5.63. The highest BCUT2D eigenvalue weighted by Gasteiger charge is 2.50. The molecule has 2 amide bonds. The Morgan fingerprint density at radius 3 is 2.37 bits per heavy atom. The van der Waals surface area contributed by atoms with Gasteiger partial charge in [-0.1, -0.05) is 29.8 Å². The van der Waals surface area contributed by atoms with Crippen LogP contribution in [0.25, 0.3) is 0 Å². The highest BCUT2D eigenvalue weighted by molar-refractivity contribution is 6.05. The highest BCUT2D eigenvalue weighted by atomic mass is 16.2. The van der Waals surface area contributed by atoms with Gasteiger partial charge in [-0.2, -0.15) is 0 Å². The molecule has 0 unspecified atom stereocenters. The average molecular weight is 258 g/mol. The molecule has 0 aliphatic carbocycles. The number of aryl methyl sites for hydroxylation is 1. The number of nitrogens with zero attached hydrogens (tertiary/aromatic N) is 2. The van der Waals surface area contributed by atoms with Crippen molar-refractivity contribution in [3.05, 3.63) is 35.4 Å². The zero-order valence-corrected chi connectivity index (χ0v) is 11.3. The molecule has 0 saturated carbocycles. The third kappa shape index (κ3) is 2.06. The minimum Gasteiger partial charge on any atom is -0.297 e. The second kappa shape index (κ2) is 4.46. The number of fused-ring (bicyclic) bond motifs is 1. The van der Waals surface area contributed by atoms with Crippen molar-refractivity contribution >= 4 is 11.8 Å². The van der Waals surface area contributed by atoms with Gasteiger partial charge in [0, 0.05) is 26.7 Å². The summed E-state index contributed by atoms with van der Waals surface area (Å²) in [6.45, 7) is 4.30. The number of carbonyl (C=O) groups excluding carboxylic acids is 2. The van der Waals surface area contributed by atoms with Crippen LogP contribution in [-0.4, -0.2) is 41.8 Å². The first-order valence-corrected chi connectivity index (χ1v) is 6.65. The summed E-state index contributed by atoms with van der Waals surface area (Å²) in [5, 5.41) is 0. The van der Waals surface area contributed by atoms with E-state index in [4.69, 9.17) is 0 Å². The molecule has 0 aromatic heterocycles. The molecule has 0 radical (unpaired) electrons. The number of benzene rings is 1. The summed E-state index contributed by atoms with van der Waals surface area (Å²) in [5.41, 5.74) is 2.48. The van der Waals surface area contributed by atoms with Crippen LogP contribution < -0.4 is 0 Å². The van der Waals surface area contributed by atoms with E-state index in [9.17, 15) is 9.59 Å². The molecule has 0 N–H and O–H groups in total. The van der Waals surface area contributed by atoms with Crippen molar-refractivity contribution in [1.82, 2.24) is 9.80 Å². The van der Waals surface area contributed by atoms with Crippen molar-refractivity contribution in [2.24, 2.45) is 11.8 Å². The summed E-state index contributed by atoms with van der Waals surface area (Å²) in [6, 6.07) is 8.37. The van der Waals surface area contributed by atoms with E-state index in [1.165, 1.54) is 16.0 Å². The van der Waals surface area contributed by atoms with Gasteiger partial charge in [-0.25, -0.2) is 0 Å². The molecule has 19 heavy (non-hydrogen) atoms. The molecule has 100 valence electrons. The lowest BCUT2D eigenvalue weighted by Gasteiger charge is -2.18. The van der Waals surface area contributed by atoms with Gasteiger partial charge in [0.15, 0.2) is 0 Å². The molecule has 2 aliphatic heterocycles. The smallest absolute Gasteiger partial charge is 0.234 e. The number of likely N-dealkylation sites (tertiary alicyclic amines) is 2. The molecule has 4 nitrogen and oxygen atoms in total. The fourth-order valence-electron chi connectivity index (χ4n) is 3.19. The first-order chi connectivity index (χ1) is 9.06. The lowest BCUT2D eigenvalue weighted by atomic mass is 10.00. The Kier molecular flexibility index (Phi) is 2.90. The van der Waals surface area contributed by atoms with Crippen molar-refractivity contribution in [3.8, 4) is 0 Å². The number of rotatable bonds is 2. The van der Waals surface area contributed by atoms with Crippen LogP contribution in [0.4, 0.5) is 0 Å². The van der Waals surface area contributed by atoms with E-state index in [1.807, 2.05) is 6.07 Å². The number of hydrogen-bond donors (Lipinski definition) is 0. The maximum atomic E-state index is 11.9. The van der Waals surface area contributed by atoms with Crippen molar-refractivity contribution in [3.63, 3.8) is 0 Å². The van der Waals surface area contributed by atoms with Crippen LogP contribution in [0.15, 0.2) is 24.3 Å². The van der Waals surface area contributed by atoms with Crippen LogP contribution in [-0.2, 0) is 16.1 Å². The van der Waals surface area contributed by atoms with Gasteiger partial charge in [0.2, 0.25) is 11.8 Å². The van der Waals surface area contributed by atoms with Gasteiger partial charge in [0.1, 0.15) is 0 Å². The molecular weight excluding hydrogens is 240 g/mol. The Labute approximate surface area is 113 Å². The minimum atomic E-state index is -0.123. The van der Waals surface area contributed by atoms with Gasteiger partial charge >= 0.3 is 0 Å². The second-order valence-corrected chi connectivity index (χ2v) is 5.63. The Hall–Kier alpha value is -1.68. The summed E-state index contributed by atoms with van der Waals surface area (Å²) < 4.78 is 0. The Balaban J connectivity index is 1.71. The van der Waals surface area contributed by atoms with E-state index in [1.54, 1.807) is 7.05 Å². The SMILES string of the molecule is Cc1cccc(CN2C[C@@H]3C(=O)N(C)C(=O)[C@@H]3C2)c1. The van der Waals surface area contributed by atoms with Crippen molar-refractivity contribution in [2.45, 2.75) is 13.5 Å². The lowest BCUT2D eigenvalue weighted by Crippen LogP contribution is -2.32. The Morgan fingerprint density at radius 2 is 1.79 bits per heavy atom. The van der Waals surface area contributed by atoms with Gasteiger partial charge in [-0.15, -0.1) is 0 Å². The summed E-state index contributed by atoms with van der Waals surface area (Å²) in [4.78, 5) is 27.4. The molecule has 0 spiro atoms. The van der Waals surface area contributed by atoms with Gasteiger partial charge in [-0.3, -0.25) is 19.4 Å². The quantitative estimate of drug-likeness (QED) is 0.744. The zero-order valence-electron chi connectivity index (χ0n) is 11.3. The van der Waals surface area contributed by atoms with Crippen molar-refractivity contribution in [2.75, 3.05) is 20.1 Å². The first kappa shape index (κ1) is 12.4. The lowest BCUT2D eigenvalue weighted by molar-refractivity contribution is -0.138. The zero-order chi connectivity index (χ0) is 13.6. The van der Waals surface area contributed by atoms with Crippen LogP contribution >= 0.6 is 0 Å². The largest absolute Gasteiger partial charge is 0.297 e. The summed E-state index contributed by atoms with van der Waals surface area (Å²) in [7, 11) is 1.59. The normalized spacial score (nSPS) is 27.2. The van der Waals surface area contributed by atoms with Gasteiger partial charge in [-0.05, 0) is 12.5 Å². The number of hydrogen-bond acceptors (Lipinski definition) is 3. The van der Waals surface area contributed by atoms with Gasteiger partial charge in [0.05, 0.1) is 11.8 Å². The number of carbonyl (C=O) groups is 2. The predicted molar refractivity (Wildman–Crippen MR) is 71.2 cm³/mol.